The lowest BCUT2D eigenvalue weighted by Crippen LogP contribution is -2.29. The quantitative estimate of drug-likeness (QED) is 0.881. The zero-order valence-electron chi connectivity index (χ0n) is 16.3. The van der Waals surface area contributed by atoms with Gasteiger partial charge in [-0.15, -0.1) is 0 Å². The maximum absolute atomic E-state index is 13.1. The zero-order chi connectivity index (χ0) is 18.1. The number of aromatic nitrogens is 1. The number of carbonyl (C=O) groups is 1. The number of nitrogens with one attached hydrogen (secondary N) is 1. The number of carbonyl (C=O) groups excluding carboxylic acids is 1. The highest BCUT2D eigenvalue weighted by Crippen LogP contribution is 2.31. The molecular formula is C21H32N4O. The first-order valence-electron chi connectivity index (χ1n) is 10.4. The van der Waals surface area contributed by atoms with Crippen molar-refractivity contribution in [2.75, 3.05) is 38.0 Å². The first-order chi connectivity index (χ1) is 12.6. The van der Waals surface area contributed by atoms with E-state index >= 15 is 0 Å². The number of anilines is 1. The van der Waals surface area contributed by atoms with Crippen molar-refractivity contribution in [2.24, 2.45) is 5.92 Å². The Balaban J connectivity index is 1.59. The van der Waals surface area contributed by atoms with Crippen LogP contribution in [-0.4, -0.2) is 59.5 Å². The molecule has 4 rings (SSSR count). The topological polar surface area (TPSA) is 48.5 Å². The average Bonchev–Trinajstić information content (AvgIpc) is 3.30. The Kier molecular flexibility index (Phi) is 5.16. The van der Waals surface area contributed by atoms with E-state index in [-0.39, 0.29) is 11.9 Å². The van der Waals surface area contributed by atoms with Gasteiger partial charge in [0.15, 0.2) is 0 Å². The van der Waals surface area contributed by atoms with Crippen LogP contribution in [0.15, 0.2) is 6.07 Å². The van der Waals surface area contributed by atoms with E-state index in [1.165, 1.54) is 30.6 Å². The summed E-state index contributed by atoms with van der Waals surface area (Å²) in [7, 11) is 0. The Morgan fingerprint density at radius 2 is 1.92 bits per heavy atom. The smallest absolute Gasteiger partial charge is 0.257 e. The van der Waals surface area contributed by atoms with Crippen molar-refractivity contribution < 1.29 is 4.79 Å². The molecule has 0 spiro atoms. The van der Waals surface area contributed by atoms with Gasteiger partial charge in [0, 0.05) is 50.9 Å². The zero-order valence-corrected chi connectivity index (χ0v) is 16.3. The van der Waals surface area contributed by atoms with E-state index in [1.807, 2.05) is 4.90 Å². The molecular weight excluding hydrogens is 324 g/mol. The Hall–Kier alpha value is -1.62. The van der Waals surface area contributed by atoms with Gasteiger partial charge >= 0.3 is 0 Å². The summed E-state index contributed by atoms with van der Waals surface area (Å²) in [5.41, 5.74) is 3.24. The molecule has 1 aromatic heterocycles. The highest BCUT2D eigenvalue weighted by atomic mass is 16.2. The summed E-state index contributed by atoms with van der Waals surface area (Å²) in [6.07, 6.45) is 7.04. The van der Waals surface area contributed by atoms with E-state index in [0.717, 1.165) is 69.2 Å². The molecule has 0 aromatic carbocycles. The molecule has 0 unspecified atom stereocenters. The summed E-state index contributed by atoms with van der Waals surface area (Å²) in [6.45, 7) is 9.41. The molecule has 1 amide bonds. The van der Waals surface area contributed by atoms with Crippen molar-refractivity contribution in [1.29, 1.82) is 0 Å². The van der Waals surface area contributed by atoms with Crippen LogP contribution >= 0.6 is 0 Å². The molecule has 2 fully saturated rings. The number of nitrogens with zero attached hydrogens (tertiary/aromatic N) is 3. The number of amides is 1. The van der Waals surface area contributed by atoms with Crippen LogP contribution in [0.25, 0.3) is 0 Å². The van der Waals surface area contributed by atoms with Gasteiger partial charge in [0.1, 0.15) is 5.82 Å². The van der Waals surface area contributed by atoms with Crippen LogP contribution in [0.3, 0.4) is 0 Å². The summed E-state index contributed by atoms with van der Waals surface area (Å²) in [5, 5.41) is 3.43. The van der Waals surface area contributed by atoms with E-state index in [2.05, 4.69) is 30.1 Å². The van der Waals surface area contributed by atoms with Crippen molar-refractivity contribution in [1.82, 2.24) is 14.8 Å². The minimum absolute atomic E-state index is 0.153. The van der Waals surface area contributed by atoms with Crippen molar-refractivity contribution >= 4 is 11.7 Å². The number of likely N-dealkylation sites (tertiary alicyclic amines) is 1. The molecule has 26 heavy (non-hydrogen) atoms. The van der Waals surface area contributed by atoms with Gasteiger partial charge in [0.05, 0.1) is 5.56 Å². The molecule has 0 radical (unpaired) electrons. The van der Waals surface area contributed by atoms with Crippen LogP contribution in [0.5, 0.6) is 0 Å². The van der Waals surface area contributed by atoms with Gasteiger partial charge in [-0.3, -0.25) is 4.79 Å². The van der Waals surface area contributed by atoms with E-state index in [9.17, 15) is 4.79 Å². The van der Waals surface area contributed by atoms with Crippen LogP contribution < -0.4 is 5.32 Å². The number of fused-ring (bicyclic) bond motifs is 1. The highest BCUT2D eigenvalue weighted by Gasteiger charge is 2.28. The maximum Gasteiger partial charge on any atom is 0.257 e. The van der Waals surface area contributed by atoms with E-state index in [1.54, 1.807) is 0 Å². The summed E-state index contributed by atoms with van der Waals surface area (Å²) in [6, 6.07) is 2.41. The lowest BCUT2D eigenvalue weighted by Gasteiger charge is -2.21. The first-order valence-corrected chi connectivity index (χ1v) is 10.4. The third-order valence-electron chi connectivity index (χ3n) is 5.82. The Bertz CT molecular complexity index is 662. The Morgan fingerprint density at radius 1 is 1.19 bits per heavy atom. The van der Waals surface area contributed by atoms with Crippen LogP contribution in [-0.2, 0) is 12.8 Å². The third-order valence-corrected chi connectivity index (χ3v) is 5.82. The summed E-state index contributed by atoms with van der Waals surface area (Å²) < 4.78 is 0. The molecule has 0 atom stereocenters. The second-order valence-electron chi connectivity index (χ2n) is 8.53. The Morgan fingerprint density at radius 3 is 2.62 bits per heavy atom. The van der Waals surface area contributed by atoms with Gasteiger partial charge in [0.2, 0.25) is 0 Å². The van der Waals surface area contributed by atoms with Gasteiger partial charge in [-0.25, -0.2) is 4.98 Å². The van der Waals surface area contributed by atoms with Crippen LogP contribution in [0.4, 0.5) is 5.82 Å². The largest absolute Gasteiger partial charge is 0.367 e. The number of hydrogen-bond donors (Lipinski definition) is 1. The van der Waals surface area contributed by atoms with E-state index in [4.69, 9.17) is 4.98 Å². The van der Waals surface area contributed by atoms with Crippen LogP contribution in [0, 0.1) is 5.92 Å². The van der Waals surface area contributed by atoms with Crippen molar-refractivity contribution in [3.8, 4) is 0 Å². The fourth-order valence-electron chi connectivity index (χ4n) is 4.17. The van der Waals surface area contributed by atoms with Crippen molar-refractivity contribution in [3.05, 3.63) is 22.9 Å². The second-order valence-corrected chi connectivity index (χ2v) is 8.53. The molecule has 3 heterocycles. The van der Waals surface area contributed by atoms with Crippen LogP contribution in [0.2, 0.25) is 0 Å². The molecule has 0 bridgehead atoms. The predicted molar refractivity (Wildman–Crippen MR) is 105 cm³/mol. The fraction of sp³-hybridized carbons (Fsp3) is 0.714. The monoisotopic (exact) mass is 356 g/mol. The minimum Gasteiger partial charge on any atom is -0.367 e. The van der Waals surface area contributed by atoms with Gasteiger partial charge in [-0.2, -0.15) is 0 Å². The molecule has 1 saturated carbocycles. The lowest BCUT2D eigenvalue weighted by molar-refractivity contribution is 0.0793. The number of hydrogen-bond acceptors (Lipinski definition) is 4. The van der Waals surface area contributed by atoms with E-state index in [0.29, 0.717) is 0 Å². The lowest BCUT2D eigenvalue weighted by atomic mass is 10.0. The maximum atomic E-state index is 13.1. The Labute approximate surface area is 157 Å². The first kappa shape index (κ1) is 17.8. The standard InChI is InChI=1S/C21H32N4O/c1-15(2)22-20-18(21(26)25-9-3-4-10-25)13-17-7-11-24(14-16-5-6-16)12-8-19(17)23-20/h13,15-16H,3-12,14H2,1-2H3,(H,22,23). The predicted octanol–water partition coefficient (Wildman–Crippen LogP) is 2.95. The fourth-order valence-corrected chi connectivity index (χ4v) is 4.17. The summed E-state index contributed by atoms with van der Waals surface area (Å²) >= 11 is 0. The van der Waals surface area contributed by atoms with Gasteiger partial charge < -0.3 is 15.1 Å². The summed E-state index contributed by atoms with van der Waals surface area (Å²) in [5.74, 6) is 1.86. The number of pyridine rings is 1. The summed E-state index contributed by atoms with van der Waals surface area (Å²) in [4.78, 5) is 22.6. The molecule has 2 aliphatic heterocycles. The minimum atomic E-state index is 0.153. The molecule has 5 nitrogen and oxygen atoms in total. The van der Waals surface area contributed by atoms with Crippen LogP contribution in [0.1, 0.15) is 61.1 Å². The SMILES string of the molecule is CC(C)Nc1nc2c(cc1C(=O)N1CCCC1)CCN(CC1CC1)CC2. The molecule has 3 aliphatic rings. The molecule has 142 valence electrons. The third kappa shape index (κ3) is 4.03. The van der Waals surface area contributed by atoms with E-state index < -0.39 is 0 Å². The molecule has 1 saturated heterocycles. The molecule has 1 N–H and O–H groups in total. The second kappa shape index (κ2) is 7.55. The normalized spacial score (nSPS) is 21.0. The molecule has 5 heteroatoms. The average molecular weight is 357 g/mol. The van der Waals surface area contributed by atoms with Crippen molar-refractivity contribution in [3.63, 3.8) is 0 Å². The molecule has 1 aliphatic carbocycles. The van der Waals surface area contributed by atoms with Gasteiger partial charge in [0.25, 0.3) is 5.91 Å². The van der Waals surface area contributed by atoms with Gasteiger partial charge in [-0.1, -0.05) is 0 Å². The van der Waals surface area contributed by atoms with Crippen molar-refractivity contribution in [2.45, 2.75) is 58.4 Å². The van der Waals surface area contributed by atoms with Gasteiger partial charge in [-0.05, 0) is 63.5 Å². The highest BCUT2D eigenvalue weighted by molar-refractivity contribution is 5.99. The molecule has 1 aromatic rings. The number of rotatable bonds is 5.